The van der Waals surface area contributed by atoms with Gasteiger partial charge in [0.15, 0.2) is 0 Å². The number of amides is 1. The summed E-state index contributed by atoms with van der Waals surface area (Å²) in [4.78, 5) is 11.7. The van der Waals surface area contributed by atoms with Gasteiger partial charge >= 0.3 is 0 Å². The Kier molecular flexibility index (Phi) is 4.39. The Hall–Kier alpha value is -2.49. The summed E-state index contributed by atoms with van der Waals surface area (Å²) in [6, 6.07) is 15.5. The van der Waals surface area contributed by atoms with E-state index in [9.17, 15) is 4.79 Å². The maximum atomic E-state index is 11.7. The van der Waals surface area contributed by atoms with Crippen LogP contribution < -0.4 is 10.1 Å². The minimum Gasteiger partial charge on any atom is -0.508 e. The highest BCUT2D eigenvalue weighted by Gasteiger charge is 2.04. The van der Waals surface area contributed by atoms with Crippen LogP contribution in [0.3, 0.4) is 0 Å². The number of para-hydroxylation sites is 1. The number of benzene rings is 2. The van der Waals surface area contributed by atoms with Crippen LogP contribution in [0.15, 0.2) is 54.6 Å². The summed E-state index contributed by atoms with van der Waals surface area (Å²) in [6.07, 6.45) is 0. The number of aromatic hydroxyl groups is 1. The van der Waals surface area contributed by atoms with E-state index in [4.69, 9.17) is 9.84 Å². The predicted molar refractivity (Wildman–Crippen MR) is 72.4 cm³/mol. The topological polar surface area (TPSA) is 58.6 Å². The van der Waals surface area contributed by atoms with Crippen molar-refractivity contribution < 1.29 is 14.6 Å². The third-order valence-corrected chi connectivity index (χ3v) is 2.53. The Balaban J connectivity index is 1.74. The summed E-state index contributed by atoms with van der Waals surface area (Å²) in [5, 5.41) is 11.9. The second kappa shape index (κ2) is 6.44. The lowest BCUT2D eigenvalue weighted by Gasteiger charge is -2.07. The molecular formula is C15H15NO3. The molecule has 0 bridgehead atoms. The van der Waals surface area contributed by atoms with Gasteiger partial charge in [-0.05, 0) is 36.4 Å². The van der Waals surface area contributed by atoms with E-state index in [-0.39, 0.29) is 11.7 Å². The Bertz CT molecular complexity index is 523. The highest BCUT2D eigenvalue weighted by Crippen LogP contribution is 2.09. The van der Waals surface area contributed by atoms with Gasteiger partial charge in [0.05, 0.1) is 6.54 Å². The Labute approximate surface area is 111 Å². The first-order chi connectivity index (χ1) is 9.25. The zero-order valence-corrected chi connectivity index (χ0v) is 10.4. The highest BCUT2D eigenvalue weighted by molar-refractivity contribution is 5.94. The molecule has 0 unspecified atom stereocenters. The lowest BCUT2D eigenvalue weighted by molar-refractivity contribution is 0.0947. The van der Waals surface area contributed by atoms with Gasteiger partial charge in [-0.2, -0.15) is 0 Å². The van der Waals surface area contributed by atoms with Crippen LogP contribution in [0.25, 0.3) is 0 Å². The molecule has 0 aliphatic carbocycles. The number of phenolic OH excluding ortho intramolecular Hbond substituents is 1. The fourth-order valence-electron chi connectivity index (χ4n) is 1.57. The molecule has 2 N–H and O–H groups in total. The molecule has 19 heavy (non-hydrogen) atoms. The van der Waals surface area contributed by atoms with Crippen LogP contribution in [0.5, 0.6) is 11.5 Å². The average molecular weight is 257 g/mol. The van der Waals surface area contributed by atoms with Gasteiger partial charge < -0.3 is 15.2 Å². The van der Waals surface area contributed by atoms with Crippen molar-refractivity contribution in [2.75, 3.05) is 13.2 Å². The quantitative estimate of drug-likeness (QED) is 0.807. The molecule has 0 aromatic heterocycles. The van der Waals surface area contributed by atoms with Crippen LogP contribution in [-0.4, -0.2) is 24.2 Å². The monoisotopic (exact) mass is 257 g/mol. The Morgan fingerprint density at radius 2 is 1.74 bits per heavy atom. The summed E-state index contributed by atoms with van der Waals surface area (Å²) < 4.78 is 5.46. The number of hydrogen-bond acceptors (Lipinski definition) is 3. The molecule has 0 heterocycles. The van der Waals surface area contributed by atoms with Crippen molar-refractivity contribution in [3.05, 3.63) is 60.2 Å². The molecule has 0 aliphatic rings. The molecule has 4 heteroatoms. The van der Waals surface area contributed by atoms with E-state index < -0.39 is 0 Å². The second-order valence-corrected chi connectivity index (χ2v) is 3.96. The normalized spacial score (nSPS) is 9.89. The molecule has 1 amide bonds. The van der Waals surface area contributed by atoms with Crippen LogP contribution in [0.1, 0.15) is 10.4 Å². The van der Waals surface area contributed by atoms with Crippen molar-refractivity contribution in [1.82, 2.24) is 5.32 Å². The van der Waals surface area contributed by atoms with E-state index in [0.717, 1.165) is 5.75 Å². The summed E-state index contributed by atoms with van der Waals surface area (Å²) in [6.45, 7) is 0.836. The predicted octanol–water partition coefficient (Wildman–Crippen LogP) is 2.20. The minimum atomic E-state index is -0.184. The van der Waals surface area contributed by atoms with Gasteiger partial charge in [0.25, 0.3) is 5.91 Å². The van der Waals surface area contributed by atoms with Gasteiger partial charge in [-0.1, -0.05) is 18.2 Å². The molecule has 0 radical (unpaired) electrons. The van der Waals surface area contributed by atoms with Crippen molar-refractivity contribution in [1.29, 1.82) is 0 Å². The van der Waals surface area contributed by atoms with E-state index in [1.807, 2.05) is 30.3 Å². The molecule has 0 spiro atoms. The number of rotatable bonds is 5. The Morgan fingerprint density at radius 3 is 2.42 bits per heavy atom. The molecule has 0 atom stereocenters. The van der Waals surface area contributed by atoms with E-state index in [1.54, 1.807) is 12.1 Å². The van der Waals surface area contributed by atoms with E-state index >= 15 is 0 Å². The van der Waals surface area contributed by atoms with Crippen molar-refractivity contribution in [3.8, 4) is 11.5 Å². The lowest BCUT2D eigenvalue weighted by Crippen LogP contribution is -2.27. The van der Waals surface area contributed by atoms with Gasteiger partial charge in [0.1, 0.15) is 18.1 Å². The highest BCUT2D eigenvalue weighted by atomic mass is 16.5. The van der Waals surface area contributed by atoms with Crippen molar-refractivity contribution >= 4 is 5.91 Å². The second-order valence-electron chi connectivity index (χ2n) is 3.96. The third kappa shape index (κ3) is 4.03. The zero-order valence-electron chi connectivity index (χ0n) is 10.4. The molecule has 2 rings (SSSR count). The zero-order chi connectivity index (χ0) is 13.5. The number of carbonyl (C=O) groups is 1. The maximum Gasteiger partial charge on any atom is 0.251 e. The molecule has 0 aliphatic heterocycles. The smallest absolute Gasteiger partial charge is 0.251 e. The van der Waals surface area contributed by atoms with Crippen LogP contribution >= 0.6 is 0 Å². The van der Waals surface area contributed by atoms with Crippen LogP contribution in [-0.2, 0) is 0 Å². The van der Waals surface area contributed by atoms with Gasteiger partial charge in [-0.15, -0.1) is 0 Å². The van der Waals surface area contributed by atoms with Gasteiger partial charge in [0, 0.05) is 5.56 Å². The average Bonchev–Trinajstić information content (AvgIpc) is 2.45. The standard InChI is InChI=1S/C15H15NO3/c17-13-8-6-12(7-9-13)15(18)16-10-11-19-14-4-2-1-3-5-14/h1-9,17H,10-11H2,(H,16,18). The minimum absolute atomic E-state index is 0.143. The number of nitrogens with one attached hydrogen (secondary N) is 1. The van der Waals surface area contributed by atoms with Crippen molar-refractivity contribution in [2.45, 2.75) is 0 Å². The summed E-state index contributed by atoms with van der Waals surface area (Å²) in [7, 11) is 0. The summed E-state index contributed by atoms with van der Waals surface area (Å²) in [5.74, 6) is 0.738. The third-order valence-electron chi connectivity index (χ3n) is 2.53. The maximum absolute atomic E-state index is 11.7. The van der Waals surface area contributed by atoms with Gasteiger partial charge in [0.2, 0.25) is 0 Å². The lowest BCUT2D eigenvalue weighted by atomic mass is 10.2. The first kappa shape index (κ1) is 13.0. The number of phenols is 1. The molecular weight excluding hydrogens is 242 g/mol. The SMILES string of the molecule is O=C(NCCOc1ccccc1)c1ccc(O)cc1. The van der Waals surface area contributed by atoms with E-state index in [0.29, 0.717) is 18.7 Å². The molecule has 98 valence electrons. The fraction of sp³-hybridized carbons (Fsp3) is 0.133. The number of ether oxygens (including phenoxy) is 1. The summed E-state index contributed by atoms with van der Waals surface area (Å²) >= 11 is 0. The molecule has 2 aromatic rings. The summed E-state index contributed by atoms with van der Waals surface area (Å²) in [5.41, 5.74) is 0.512. The van der Waals surface area contributed by atoms with E-state index in [1.165, 1.54) is 12.1 Å². The number of carbonyl (C=O) groups excluding carboxylic acids is 1. The van der Waals surface area contributed by atoms with Crippen LogP contribution in [0.4, 0.5) is 0 Å². The van der Waals surface area contributed by atoms with Gasteiger partial charge in [-0.25, -0.2) is 0 Å². The largest absolute Gasteiger partial charge is 0.508 e. The van der Waals surface area contributed by atoms with E-state index in [2.05, 4.69) is 5.32 Å². The molecule has 0 saturated heterocycles. The molecule has 4 nitrogen and oxygen atoms in total. The van der Waals surface area contributed by atoms with Crippen LogP contribution in [0, 0.1) is 0 Å². The van der Waals surface area contributed by atoms with Crippen molar-refractivity contribution in [2.24, 2.45) is 0 Å². The van der Waals surface area contributed by atoms with Crippen LogP contribution in [0.2, 0.25) is 0 Å². The molecule has 2 aromatic carbocycles. The van der Waals surface area contributed by atoms with Crippen molar-refractivity contribution in [3.63, 3.8) is 0 Å². The molecule has 0 saturated carbocycles. The van der Waals surface area contributed by atoms with Gasteiger partial charge in [-0.3, -0.25) is 4.79 Å². The number of hydrogen-bond donors (Lipinski definition) is 2. The fourth-order valence-corrected chi connectivity index (χ4v) is 1.57. The Morgan fingerprint density at radius 1 is 1.05 bits per heavy atom. The first-order valence-corrected chi connectivity index (χ1v) is 6.01. The molecule has 0 fully saturated rings. The first-order valence-electron chi connectivity index (χ1n) is 6.01.